The van der Waals surface area contributed by atoms with E-state index in [4.69, 9.17) is 5.26 Å². The van der Waals surface area contributed by atoms with Crippen LogP contribution in [0.4, 0.5) is 10.1 Å². The van der Waals surface area contributed by atoms with Crippen molar-refractivity contribution in [1.29, 1.82) is 5.26 Å². The first-order chi connectivity index (χ1) is 7.59. The van der Waals surface area contributed by atoms with Gasteiger partial charge in [-0.3, -0.25) is 10.1 Å². The molecule has 0 unspecified atom stereocenters. The summed E-state index contributed by atoms with van der Waals surface area (Å²) in [5, 5.41) is 19.7. The number of nitro groups is 1. The Balaban J connectivity index is 2.48. The highest BCUT2D eigenvalue weighted by atomic mass is 19.1. The Labute approximate surface area is 91.5 Å². The van der Waals surface area contributed by atoms with Crippen LogP contribution >= 0.6 is 0 Å². The molecule has 5 heteroatoms. The van der Waals surface area contributed by atoms with E-state index in [0.29, 0.717) is 18.4 Å². The molecule has 1 saturated carbocycles. The standard InChI is InChI=1S/C11H9FN2O2/c12-9-3-2-8(6-10(9)14(15)16)11(7-13)4-1-5-11/h2-3,6H,1,4-5H2. The number of nitro benzene ring substituents is 1. The van der Waals surface area contributed by atoms with Crippen molar-refractivity contribution in [1.82, 2.24) is 0 Å². The Kier molecular flexibility index (Phi) is 2.35. The molecule has 1 aromatic rings. The van der Waals surface area contributed by atoms with E-state index in [2.05, 4.69) is 6.07 Å². The van der Waals surface area contributed by atoms with Crippen molar-refractivity contribution in [3.63, 3.8) is 0 Å². The summed E-state index contributed by atoms with van der Waals surface area (Å²) in [5.74, 6) is -0.860. The zero-order valence-electron chi connectivity index (χ0n) is 8.44. The van der Waals surface area contributed by atoms with Gasteiger partial charge in [0.05, 0.1) is 16.4 Å². The second kappa shape index (κ2) is 3.56. The first-order valence-electron chi connectivity index (χ1n) is 4.95. The number of benzene rings is 1. The van der Waals surface area contributed by atoms with E-state index in [9.17, 15) is 14.5 Å². The van der Waals surface area contributed by atoms with Crippen LogP contribution in [0.5, 0.6) is 0 Å². The Morgan fingerprint density at radius 3 is 2.62 bits per heavy atom. The highest BCUT2D eigenvalue weighted by Crippen LogP contribution is 2.44. The molecular formula is C11H9FN2O2. The summed E-state index contributed by atoms with van der Waals surface area (Å²) in [5.41, 5.74) is -0.647. The maximum atomic E-state index is 13.1. The average molecular weight is 220 g/mol. The first-order valence-corrected chi connectivity index (χ1v) is 4.95. The maximum absolute atomic E-state index is 13.1. The molecule has 0 atom stereocenters. The van der Waals surface area contributed by atoms with Crippen LogP contribution < -0.4 is 0 Å². The summed E-state index contributed by atoms with van der Waals surface area (Å²) < 4.78 is 13.1. The third-order valence-electron chi connectivity index (χ3n) is 3.12. The van der Waals surface area contributed by atoms with Crippen molar-refractivity contribution in [2.24, 2.45) is 0 Å². The fourth-order valence-electron chi connectivity index (χ4n) is 1.95. The summed E-state index contributed by atoms with van der Waals surface area (Å²) in [4.78, 5) is 9.82. The van der Waals surface area contributed by atoms with Gasteiger partial charge in [-0.15, -0.1) is 0 Å². The molecule has 4 nitrogen and oxygen atoms in total. The third-order valence-corrected chi connectivity index (χ3v) is 3.12. The van der Waals surface area contributed by atoms with Gasteiger partial charge >= 0.3 is 5.69 Å². The highest BCUT2D eigenvalue weighted by molar-refractivity contribution is 5.43. The maximum Gasteiger partial charge on any atom is 0.305 e. The van der Waals surface area contributed by atoms with Gasteiger partial charge in [0, 0.05) is 6.07 Å². The number of halogens is 1. The largest absolute Gasteiger partial charge is 0.305 e. The fraction of sp³-hybridized carbons (Fsp3) is 0.364. The number of hydrogen-bond acceptors (Lipinski definition) is 3. The predicted octanol–water partition coefficient (Wildman–Crippen LogP) is 2.68. The molecule has 0 amide bonds. The van der Waals surface area contributed by atoms with Crippen molar-refractivity contribution in [3.8, 4) is 6.07 Å². The van der Waals surface area contributed by atoms with Crippen molar-refractivity contribution in [3.05, 3.63) is 39.7 Å². The van der Waals surface area contributed by atoms with Gasteiger partial charge in [0.2, 0.25) is 5.82 Å². The molecule has 0 saturated heterocycles. The highest BCUT2D eigenvalue weighted by Gasteiger charge is 2.40. The minimum absolute atomic E-state index is 0.550. The predicted molar refractivity (Wildman–Crippen MR) is 54.2 cm³/mol. The van der Waals surface area contributed by atoms with Gasteiger partial charge in [-0.1, -0.05) is 6.07 Å². The molecule has 0 N–H and O–H groups in total. The van der Waals surface area contributed by atoms with Gasteiger partial charge in [0.1, 0.15) is 0 Å². The lowest BCUT2D eigenvalue weighted by atomic mass is 9.65. The Hall–Kier alpha value is -1.96. The molecule has 16 heavy (non-hydrogen) atoms. The quantitative estimate of drug-likeness (QED) is 0.568. The molecule has 1 aliphatic carbocycles. The van der Waals surface area contributed by atoms with Crippen LogP contribution in [-0.4, -0.2) is 4.92 Å². The molecule has 0 bridgehead atoms. The van der Waals surface area contributed by atoms with E-state index in [1.165, 1.54) is 12.1 Å². The van der Waals surface area contributed by atoms with Crippen LogP contribution in [0.3, 0.4) is 0 Å². The van der Waals surface area contributed by atoms with Gasteiger partial charge in [-0.05, 0) is 30.9 Å². The van der Waals surface area contributed by atoms with E-state index in [-0.39, 0.29) is 0 Å². The van der Waals surface area contributed by atoms with E-state index < -0.39 is 21.8 Å². The number of nitriles is 1. The molecule has 82 valence electrons. The van der Waals surface area contributed by atoms with Crippen LogP contribution in [0.15, 0.2) is 18.2 Å². The summed E-state index contributed by atoms with van der Waals surface area (Å²) >= 11 is 0. The molecule has 1 aromatic carbocycles. The summed E-state index contributed by atoms with van der Waals surface area (Å²) in [6.45, 7) is 0. The van der Waals surface area contributed by atoms with Crippen LogP contribution in [0.2, 0.25) is 0 Å². The van der Waals surface area contributed by atoms with Crippen LogP contribution in [0.25, 0.3) is 0 Å². The minimum Gasteiger partial charge on any atom is -0.258 e. The van der Waals surface area contributed by atoms with E-state index in [0.717, 1.165) is 12.5 Å². The lowest BCUT2D eigenvalue weighted by molar-refractivity contribution is -0.387. The number of hydrogen-bond donors (Lipinski definition) is 0. The molecule has 0 spiro atoms. The van der Waals surface area contributed by atoms with Crippen LogP contribution in [0, 0.1) is 27.3 Å². The number of rotatable bonds is 2. The molecule has 0 aliphatic heterocycles. The minimum atomic E-state index is -0.860. The molecule has 1 fully saturated rings. The monoisotopic (exact) mass is 220 g/mol. The molecule has 0 radical (unpaired) electrons. The fourth-order valence-corrected chi connectivity index (χ4v) is 1.95. The summed E-state index contributed by atoms with van der Waals surface area (Å²) in [6.07, 6.45) is 2.30. The molecular weight excluding hydrogens is 211 g/mol. The smallest absolute Gasteiger partial charge is 0.258 e. The second-order valence-electron chi connectivity index (χ2n) is 3.97. The van der Waals surface area contributed by atoms with Crippen molar-refractivity contribution in [2.75, 3.05) is 0 Å². The Morgan fingerprint density at radius 2 is 2.19 bits per heavy atom. The lowest BCUT2D eigenvalue weighted by Crippen LogP contribution is -2.32. The molecule has 0 heterocycles. The Morgan fingerprint density at radius 1 is 1.50 bits per heavy atom. The van der Waals surface area contributed by atoms with Gasteiger partial charge < -0.3 is 0 Å². The van der Waals surface area contributed by atoms with Gasteiger partial charge in [0.25, 0.3) is 0 Å². The lowest BCUT2D eigenvalue weighted by Gasteiger charge is -2.35. The molecule has 2 rings (SSSR count). The third kappa shape index (κ3) is 1.43. The average Bonchev–Trinajstić information content (AvgIpc) is 2.19. The number of nitrogens with zero attached hydrogens (tertiary/aromatic N) is 2. The zero-order valence-corrected chi connectivity index (χ0v) is 8.44. The van der Waals surface area contributed by atoms with Gasteiger partial charge in [-0.2, -0.15) is 9.65 Å². The van der Waals surface area contributed by atoms with Gasteiger partial charge in [0.15, 0.2) is 0 Å². The molecule has 0 aromatic heterocycles. The normalized spacial score (nSPS) is 17.2. The van der Waals surface area contributed by atoms with Crippen molar-refractivity contribution < 1.29 is 9.31 Å². The summed E-state index contributed by atoms with van der Waals surface area (Å²) in [7, 11) is 0. The summed E-state index contributed by atoms with van der Waals surface area (Å²) in [6, 6.07) is 5.87. The molecule has 1 aliphatic rings. The van der Waals surface area contributed by atoms with E-state index >= 15 is 0 Å². The second-order valence-corrected chi connectivity index (χ2v) is 3.97. The van der Waals surface area contributed by atoms with Gasteiger partial charge in [-0.25, -0.2) is 0 Å². The van der Waals surface area contributed by atoms with E-state index in [1.54, 1.807) is 0 Å². The van der Waals surface area contributed by atoms with Crippen molar-refractivity contribution in [2.45, 2.75) is 24.7 Å². The SMILES string of the molecule is N#CC1(c2ccc(F)c([N+](=O)[O-])c2)CCC1. The van der Waals surface area contributed by atoms with E-state index in [1.807, 2.05) is 0 Å². The van der Waals surface area contributed by atoms with Crippen molar-refractivity contribution >= 4 is 5.69 Å². The Bertz CT molecular complexity index is 489. The van der Waals surface area contributed by atoms with Crippen LogP contribution in [-0.2, 0) is 5.41 Å². The van der Waals surface area contributed by atoms with Crippen LogP contribution in [0.1, 0.15) is 24.8 Å². The topological polar surface area (TPSA) is 66.9 Å². The first kappa shape index (κ1) is 10.6. The zero-order chi connectivity index (χ0) is 11.8.